The van der Waals surface area contributed by atoms with Crippen molar-refractivity contribution >= 4 is 45.0 Å². The molecule has 2 aromatic rings. The van der Waals surface area contributed by atoms with Gasteiger partial charge in [-0.05, 0) is 49.7 Å². The first-order valence-corrected chi connectivity index (χ1v) is 9.55. The predicted octanol–water partition coefficient (Wildman–Crippen LogP) is 3.19. The molecule has 1 aliphatic heterocycles. The van der Waals surface area contributed by atoms with E-state index in [4.69, 9.17) is 0 Å². The fraction of sp³-hybridized carbons (Fsp3) is 0.250. The largest absolute Gasteiger partial charge is 0.352 e. The van der Waals surface area contributed by atoms with Crippen LogP contribution in [0.4, 0.5) is 11.4 Å². The van der Waals surface area contributed by atoms with Crippen molar-refractivity contribution in [2.75, 3.05) is 23.3 Å². The number of anilines is 2. The Morgan fingerprint density at radius 1 is 1.19 bits per heavy atom. The summed E-state index contributed by atoms with van der Waals surface area (Å²) in [5, 5.41) is 5.48. The Labute approximate surface area is 166 Å². The normalized spacial score (nSPS) is 16.3. The highest BCUT2D eigenvalue weighted by molar-refractivity contribution is 9.10. The van der Waals surface area contributed by atoms with Gasteiger partial charge in [0.2, 0.25) is 11.8 Å². The molecule has 3 rings (SSSR count). The van der Waals surface area contributed by atoms with Crippen molar-refractivity contribution in [3.05, 3.63) is 58.6 Å². The van der Waals surface area contributed by atoms with Crippen molar-refractivity contribution in [3.63, 3.8) is 0 Å². The lowest BCUT2D eigenvalue weighted by atomic mass is 10.1. The van der Waals surface area contributed by atoms with Gasteiger partial charge in [-0.3, -0.25) is 14.4 Å². The molecule has 140 valence electrons. The van der Waals surface area contributed by atoms with Gasteiger partial charge in [0, 0.05) is 34.5 Å². The first-order valence-electron chi connectivity index (χ1n) is 8.75. The van der Waals surface area contributed by atoms with Gasteiger partial charge in [0.15, 0.2) is 0 Å². The molecule has 1 unspecified atom stereocenters. The molecule has 6 nitrogen and oxygen atoms in total. The van der Waals surface area contributed by atoms with Gasteiger partial charge in [0.25, 0.3) is 5.91 Å². The molecule has 1 aliphatic rings. The number of hydrogen-bond donors (Lipinski definition) is 2. The highest BCUT2D eigenvalue weighted by Gasteiger charge is 2.37. The van der Waals surface area contributed by atoms with E-state index in [0.717, 1.165) is 10.2 Å². The summed E-state index contributed by atoms with van der Waals surface area (Å²) in [6, 6.07) is 14.1. The summed E-state index contributed by atoms with van der Waals surface area (Å²) in [6.07, 6.45) is 0.452. The highest BCUT2D eigenvalue weighted by Crippen LogP contribution is 2.28. The lowest BCUT2D eigenvalue weighted by Crippen LogP contribution is -2.33. The van der Waals surface area contributed by atoms with Crippen LogP contribution in [0.5, 0.6) is 0 Å². The predicted molar refractivity (Wildman–Crippen MR) is 108 cm³/mol. The van der Waals surface area contributed by atoms with Crippen molar-refractivity contribution in [2.24, 2.45) is 5.92 Å². The Kier molecular flexibility index (Phi) is 5.91. The Bertz CT molecular complexity index is 884. The van der Waals surface area contributed by atoms with Crippen LogP contribution >= 0.6 is 15.9 Å². The minimum Gasteiger partial charge on any atom is -0.352 e. The van der Waals surface area contributed by atoms with Crippen LogP contribution in [-0.2, 0) is 9.59 Å². The standard InChI is InChI=1S/C20H20BrN3O3/c1-2-22-18(25)13-5-3-7-15(11-13)23-19(26)17-9-10-24(20(17)27)16-8-4-6-14(21)12-16/h3-8,11-12,17H,2,9-10H2,1H3,(H,22,25)(H,23,26). The van der Waals surface area contributed by atoms with Crippen LogP contribution < -0.4 is 15.5 Å². The summed E-state index contributed by atoms with van der Waals surface area (Å²) in [4.78, 5) is 38.9. The molecule has 2 N–H and O–H groups in total. The number of carbonyl (C=O) groups excluding carboxylic acids is 3. The molecule has 27 heavy (non-hydrogen) atoms. The van der Waals surface area contributed by atoms with Gasteiger partial charge in [-0.25, -0.2) is 0 Å². The van der Waals surface area contributed by atoms with Crippen molar-refractivity contribution in [3.8, 4) is 0 Å². The third-order valence-electron chi connectivity index (χ3n) is 4.37. The molecule has 7 heteroatoms. The Morgan fingerprint density at radius 3 is 2.70 bits per heavy atom. The number of amides is 3. The fourth-order valence-electron chi connectivity index (χ4n) is 3.05. The summed E-state index contributed by atoms with van der Waals surface area (Å²) in [5.41, 5.74) is 1.73. The quantitative estimate of drug-likeness (QED) is 0.716. The maximum absolute atomic E-state index is 12.7. The molecular weight excluding hydrogens is 410 g/mol. The van der Waals surface area contributed by atoms with Crippen LogP contribution in [0.15, 0.2) is 53.0 Å². The summed E-state index contributed by atoms with van der Waals surface area (Å²) >= 11 is 3.40. The van der Waals surface area contributed by atoms with Gasteiger partial charge < -0.3 is 15.5 Å². The summed E-state index contributed by atoms with van der Waals surface area (Å²) in [7, 11) is 0. The van der Waals surface area contributed by atoms with E-state index in [0.29, 0.717) is 30.8 Å². The average Bonchev–Trinajstić information content (AvgIpc) is 3.04. The second-order valence-corrected chi connectivity index (χ2v) is 7.16. The van der Waals surface area contributed by atoms with Crippen LogP contribution in [0.3, 0.4) is 0 Å². The van der Waals surface area contributed by atoms with Crippen molar-refractivity contribution < 1.29 is 14.4 Å². The number of carbonyl (C=O) groups is 3. The van der Waals surface area contributed by atoms with Crippen molar-refractivity contribution in [1.29, 1.82) is 0 Å². The molecule has 0 radical (unpaired) electrons. The van der Waals surface area contributed by atoms with Gasteiger partial charge in [0.05, 0.1) is 0 Å². The molecule has 1 saturated heterocycles. The third-order valence-corrected chi connectivity index (χ3v) is 4.86. The summed E-state index contributed by atoms with van der Waals surface area (Å²) < 4.78 is 0.878. The van der Waals surface area contributed by atoms with E-state index >= 15 is 0 Å². The van der Waals surface area contributed by atoms with Gasteiger partial charge in [-0.15, -0.1) is 0 Å². The van der Waals surface area contributed by atoms with Crippen molar-refractivity contribution in [2.45, 2.75) is 13.3 Å². The lowest BCUT2D eigenvalue weighted by Gasteiger charge is -2.17. The zero-order chi connectivity index (χ0) is 19.4. The van der Waals surface area contributed by atoms with Gasteiger partial charge in [-0.2, -0.15) is 0 Å². The molecule has 2 aromatic carbocycles. The Hall–Kier alpha value is -2.67. The van der Waals surface area contributed by atoms with Crippen LogP contribution in [-0.4, -0.2) is 30.8 Å². The van der Waals surface area contributed by atoms with E-state index in [1.165, 1.54) is 0 Å². The van der Waals surface area contributed by atoms with Crippen LogP contribution in [0.25, 0.3) is 0 Å². The number of halogens is 1. The molecule has 0 spiro atoms. The SMILES string of the molecule is CCNC(=O)c1cccc(NC(=O)C2CCN(c3cccc(Br)c3)C2=O)c1. The molecule has 0 aromatic heterocycles. The summed E-state index contributed by atoms with van der Waals surface area (Å²) in [5.74, 6) is -1.51. The smallest absolute Gasteiger partial charge is 0.251 e. The average molecular weight is 430 g/mol. The van der Waals surface area contributed by atoms with Gasteiger partial charge in [0.1, 0.15) is 5.92 Å². The van der Waals surface area contributed by atoms with E-state index in [-0.39, 0.29) is 17.7 Å². The Balaban J connectivity index is 1.69. The summed E-state index contributed by atoms with van der Waals surface area (Å²) in [6.45, 7) is 2.86. The Morgan fingerprint density at radius 2 is 1.96 bits per heavy atom. The first kappa shape index (κ1) is 19.1. The van der Waals surface area contributed by atoms with Crippen molar-refractivity contribution in [1.82, 2.24) is 5.32 Å². The molecule has 1 heterocycles. The topological polar surface area (TPSA) is 78.5 Å². The highest BCUT2D eigenvalue weighted by atomic mass is 79.9. The number of nitrogens with zero attached hydrogens (tertiary/aromatic N) is 1. The maximum Gasteiger partial charge on any atom is 0.251 e. The van der Waals surface area contributed by atoms with E-state index in [1.54, 1.807) is 29.2 Å². The van der Waals surface area contributed by atoms with E-state index in [1.807, 2.05) is 31.2 Å². The van der Waals surface area contributed by atoms with Gasteiger partial charge >= 0.3 is 0 Å². The molecule has 1 fully saturated rings. The lowest BCUT2D eigenvalue weighted by molar-refractivity contribution is -0.129. The van der Waals surface area contributed by atoms with Gasteiger partial charge in [-0.1, -0.05) is 28.1 Å². The zero-order valence-electron chi connectivity index (χ0n) is 14.9. The first-order chi connectivity index (χ1) is 13.0. The molecule has 0 aliphatic carbocycles. The maximum atomic E-state index is 12.7. The molecule has 1 atom stereocenters. The van der Waals surface area contributed by atoms with E-state index in [2.05, 4.69) is 26.6 Å². The molecular formula is C20H20BrN3O3. The number of rotatable bonds is 5. The number of hydrogen-bond acceptors (Lipinski definition) is 3. The second kappa shape index (κ2) is 8.35. The zero-order valence-corrected chi connectivity index (χ0v) is 16.5. The molecule has 0 saturated carbocycles. The van der Waals surface area contributed by atoms with Crippen LogP contribution in [0.2, 0.25) is 0 Å². The second-order valence-electron chi connectivity index (χ2n) is 6.24. The van der Waals surface area contributed by atoms with E-state index in [9.17, 15) is 14.4 Å². The number of nitrogens with one attached hydrogen (secondary N) is 2. The minimum absolute atomic E-state index is 0.202. The monoisotopic (exact) mass is 429 g/mol. The van der Waals surface area contributed by atoms with Crippen LogP contribution in [0, 0.1) is 5.92 Å². The van der Waals surface area contributed by atoms with Crippen LogP contribution in [0.1, 0.15) is 23.7 Å². The third kappa shape index (κ3) is 4.36. The van der Waals surface area contributed by atoms with E-state index < -0.39 is 5.92 Å². The number of benzene rings is 2. The molecule has 0 bridgehead atoms. The fourth-order valence-corrected chi connectivity index (χ4v) is 3.44. The molecule has 3 amide bonds. The minimum atomic E-state index is -0.739.